The molecule has 0 aliphatic heterocycles. The Labute approximate surface area is 106 Å². The Morgan fingerprint density at radius 2 is 2.00 bits per heavy atom. The monoisotopic (exact) mass is 254 g/mol. The molecule has 0 unspecified atom stereocenters. The summed E-state index contributed by atoms with van der Waals surface area (Å²) < 4.78 is 13.4. The number of carbonyl (C=O) groups excluding carboxylic acids is 1. The molecule has 1 aromatic rings. The van der Waals surface area contributed by atoms with Gasteiger partial charge in [0.25, 0.3) is 5.91 Å². The molecule has 0 heterocycles. The van der Waals surface area contributed by atoms with Crippen molar-refractivity contribution in [2.24, 2.45) is 0 Å². The van der Waals surface area contributed by atoms with E-state index in [1.165, 1.54) is 18.2 Å². The third-order valence-electron chi connectivity index (χ3n) is 2.61. The Kier molecular flexibility index (Phi) is 6.14. The molecule has 1 aromatic carbocycles. The Hall–Kier alpha value is -1.62. The number of hydrogen-bond donors (Lipinski definition) is 3. The van der Waals surface area contributed by atoms with Crippen LogP contribution in [0.1, 0.15) is 36.0 Å². The van der Waals surface area contributed by atoms with Crippen molar-refractivity contribution in [1.29, 1.82) is 0 Å². The standard InChI is InChI=1S/C13H19FN2O2/c14-12-6-5-10(15)9-11(12)13(18)16-7-3-1-2-4-8-17/h5-6,9,17H,1-4,7-8,15H2,(H,16,18). The first kappa shape index (κ1) is 14.4. The lowest BCUT2D eigenvalue weighted by Crippen LogP contribution is -2.25. The highest BCUT2D eigenvalue weighted by atomic mass is 19.1. The van der Waals surface area contributed by atoms with Gasteiger partial charge in [0.1, 0.15) is 5.82 Å². The van der Waals surface area contributed by atoms with Crippen LogP contribution in [0, 0.1) is 5.82 Å². The molecule has 1 rings (SSSR count). The van der Waals surface area contributed by atoms with Crippen LogP contribution in [0.25, 0.3) is 0 Å². The van der Waals surface area contributed by atoms with E-state index < -0.39 is 11.7 Å². The lowest BCUT2D eigenvalue weighted by molar-refractivity contribution is 0.0949. The van der Waals surface area contributed by atoms with E-state index in [1.807, 2.05) is 0 Å². The Morgan fingerprint density at radius 3 is 2.72 bits per heavy atom. The Balaban J connectivity index is 2.34. The third-order valence-corrected chi connectivity index (χ3v) is 2.61. The number of aliphatic hydroxyl groups is 1. The fourth-order valence-corrected chi connectivity index (χ4v) is 1.60. The number of benzene rings is 1. The maximum atomic E-state index is 13.4. The third kappa shape index (κ3) is 4.71. The fourth-order valence-electron chi connectivity index (χ4n) is 1.60. The van der Waals surface area contributed by atoms with E-state index >= 15 is 0 Å². The van der Waals surface area contributed by atoms with Gasteiger partial charge in [-0.05, 0) is 31.0 Å². The molecule has 0 aliphatic carbocycles. The maximum absolute atomic E-state index is 13.4. The molecule has 0 atom stereocenters. The summed E-state index contributed by atoms with van der Waals surface area (Å²) >= 11 is 0. The number of aliphatic hydroxyl groups excluding tert-OH is 1. The molecule has 4 N–H and O–H groups in total. The summed E-state index contributed by atoms with van der Waals surface area (Å²) in [7, 11) is 0. The first-order chi connectivity index (χ1) is 8.65. The zero-order valence-electron chi connectivity index (χ0n) is 10.3. The van der Waals surface area contributed by atoms with Crippen molar-refractivity contribution in [2.45, 2.75) is 25.7 Å². The molecular weight excluding hydrogens is 235 g/mol. The van der Waals surface area contributed by atoms with E-state index in [4.69, 9.17) is 10.8 Å². The highest BCUT2D eigenvalue weighted by Crippen LogP contribution is 2.11. The molecule has 4 nitrogen and oxygen atoms in total. The number of anilines is 1. The predicted octanol–water partition coefficient (Wildman–Crippen LogP) is 1.69. The zero-order chi connectivity index (χ0) is 13.4. The average molecular weight is 254 g/mol. The van der Waals surface area contributed by atoms with Crippen molar-refractivity contribution in [3.8, 4) is 0 Å². The molecular formula is C13H19FN2O2. The summed E-state index contributed by atoms with van der Waals surface area (Å²) in [5, 5.41) is 11.2. The molecule has 0 radical (unpaired) electrons. The normalized spacial score (nSPS) is 10.3. The number of nitrogens with one attached hydrogen (secondary N) is 1. The number of unbranched alkanes of at least 4 members (excludes halogenated alkanes) is 3. The number of rotatable bonds is 7. The second-order valence-corrected chi connectivity index (χ2v) is 4.13. The summed E-state index contributed by atoms with van der Waals surface area (Å²) in [4.78, 5) is 11.7. The summed E-state index contributed by atoms with van der Waals surface area (Å²) in [6.45, 7) is 0.694. The van der Waals surface area contributed by atoms with Gasteiger partial charge in [0, 0.05) is 18.8 Å². The highest BCUT2D eigenvalue weighted by Gasteiger charge is 2.10. The van der Waals surface area contributed by atoms with Gasteiger partial charge >= 0.3 is 0 Å². The first-order valence-electron chi connectivity index (χ1n) is 6.09. The predicted molar refractivity (Wildman–Crippen MR) is 68.7 cm³/mol. The highest BCUT2D eigenvalue weighted by molar-refractivity contribution is 5.95. The van der Waals surface area contributed by atoms with Crippen molar-refractivity contribution in [3.05, 3.63) is 29.6 Å². The number of amides is 1. The summed E-state index contributed by atoms with van der Waals surface area (Å²) in [5.41, 5.74) is 5.85. The van der Waals surface area contributed by atoms with E-state index in [-0.39, 0.29) is 12.2 Å². The quantitative estimate of drug-likeness (QED) is 0.512. The maximum Gasteiger partial charge on any atom is 0.254 e. The average Bonchev–Trinajstić information content (AvgIpc) is 2.36. The van der Waals surface area contributed by atoms with Crippen LogP contribution < -0.4 is 11.1 Å². The minimum atomic E-state index is -0.568. The fraction of sp³-hybridized carbons (Fsp3) is 0.462. The molecule has 1 amide bonds. The van der Waals surface area contributed by atoms with Crippen LogP contribution in [0.5, 0.6) is 0 Å². The van der Waals surface area contributed by atoms with Crippen LogP contribution in [0.3, 0.4) is 0 Å². The van der Waals surface area contributed by atoms with E-state index in [0.717, 1.165) is 25.7 Å². The molecule has 0 bridgehead atoms. The molecule has 100 valence electrons. The lowest BCUT2D eigenvalue weighted by atomic mass is 10.1. The van der Waals surface area contributed by atoms with E-state index in [9.17, 15) is 9.18 Å². The van der Waals surface area contributed by atoms with Gasteiger partial charge in [-0.1, -0.05) is 12.8 Å². The Bertz CT molecular complexity index is 397. The molecule has 5 heteroatoms. The molecule has 0 saturated carbocycles. The topological polar surface area (TPSA) is 75.4 Å². The minimum absolute atomic E-state index is 0.0228. The number of hydrogen-bond acceptors (Lipinski definition) is 3. The first-order valence-corrected chi connectivity index (χ1v) is 6.09. The molecule has 18 heavy (non-hydrogen) atoms. The van der Waals surface area contributed by atoms with Crippen LogP contribution >= 0.6 is 0 Å². The minimum Gasteiger partial charge on any atom is -0.399 e. The zero-order valence-corrected chi connectivity index (χ0v) is 10.3. The molecule has 0 aromatic heterocycles. The van der Waals surface area contributed by atoms with Crippen LogP contribution in [-0.2, 0) is 0 Å². The summed E-state index contributed by atoms with van der Waals surface area (Å²) in [6, 6.07) is 3.93. The molecule has 0 fully saturated rings. The van der Waals surface area contributed by atoms with Gasteiger partial charge in [-0.3, -0.25) is 4.79 Å². The molecule has 0 spiro atoms. The SMILES string of the molecule is Nc1ccc(F)c(C(=O)NCCCCCCO)c1. The summed E-state index contributed by atoms with van der Waals surface area (Å²) in [5.74, 6) is -1.01. The second-order valence-electron chi connectivity index (χ2n) is 4.13. The van der Waals surface area contributed by atoms with Gasteiger partial charge in [0.15, 0.2) is 0 Å². The van der Waals surface area contributed by atoms with E-state index in [2.05, 4.69) is 5.32 Å². The van der Waals surface area contributed by atoms with Gasteiger partial charge in [0.2, 0.25) is 0 Å². The second kappa shape index (κ2) is 7.66. The van der Waals surface area contributed by atoms with Gasteiger partial charge in [-0.25, -0.2) is 4.39 Å². The number of carbonyl (C=O) groups is 1. The smallest absolute Gasteiger partial charge is 0.254 e. The van der Waals surface area contributed by atoms with Crippen LogP contribution in [-0.4, -0.2) is 24.2 Å². The molecule has 0 aliphatic rings. The van der Waals surface area contributed by atoms with Crippen LogP contribution in [0.15, 0.2) is 18.2 Å². The largest absolute Gasteiger partial charge is 0.399 e. The van der Waals surface area contributed by atoms with Crippen molar-refractivity contribution in [3.63, 3.8) is 0 Å². The molecule has 0 saturated heterocycles. The van der Waals surface area contributed by atoms with Crippen molar-refractivity contribution in [1.82, 2.24) is 5.32 Å². The van der Waals surface area contributed by atoms with Crippen molar-refractivity contribution < 1.29 is 14.3 Å². The van der Waals surface area contributed by atoms with Crippen molar-refractivity contribution in [2.75, 3.05) is 18.9 Å². The van der Waals surface area contributed by atoms with E-state index in [1.54, 1.807) is 0 Å². The summed E-state index contributed by atoms with van der Waals surface area (Å²) in [6.07, 6.45) is 3.45. The lowest BCUT2D eigenvalue weighted by Gasteiger charge is -2.06. The van der Waals surface area contributed by atoms with Gasteiger partial charge in [-0.15, -0.1) is 0 Å². The van der Waals surface area contributed by atoms with Gasteiger partial charge in [0.05, 0.1) is 5.56 Å². The van der Waals surface area contributed by atoms with Crippen molar-refractivity contribution >= 4 is 11.6 Å². The van der Waals surface area contributed by atoms with Crippen LogP contribution in [0.4, 0.5) is 10.1 Å². The van der Waals surface area contributed by atoms with Gasteiger partial charge in [-0.2, -0.15) is 0 Å². The number of nitrogens with two attached hydrogens (primary N) is 1. The Morgan fingerprint density at radius 1 is 1.28 bits per heavy atom. The van der Waals surface area contributed by atoms with Crippen LogP contribution in [0.2, 0.25) is 0 Å². The number of nitrogen functional groups attached to an aromatic ring is 1. The number of halogens is 1. The van der Waals surface area contributed by atoms with Gasteiger partial charge < -0.3 is 16.2 Å². The van der Waals surface area contributed by atoms with E-state index in [0.29, 0.717) is 12.2 Å².